The van der Waals surface area contributed by atoms with Gasteiger partial charge in [0.1, 0.15) is 5.75 Å². The number of nitrogens with two attached hydrogens (primary N) is 1. The van der Waals surface area contributed by atoms with Crippen molar-refractivity contribution in [2.75, 3.05) is 7.11 Å². The van der Waals surface area contributed by atoms with E-state index in [0.717, 1.165) is 22.1 Å². The Morgan fingerprint density at radius 3 is 2.59 bits per heavy atom. The maximum absolute atomic E-state index is 10.6. The Kier molecular flexibility index (Phi) is 3.10. The molecule has 0 saturated heterocycles. The van der Waals surface area contributed by atoms with Crippen LogP contribution in [0, 0.1) is 0 Å². The molecule has 0 aliphatic rings. The van der Waals surface area contributed by atoms with Crippen molar-refractivity contribution >= 4 is 22.8 Å². The highest BCUT2D eigenvalue weighted by Crippen LogP contribution is 2.22. The molecule has 0 saturated carbocycles. The first-order valence-corrected chi connectivity index (χ1v) is 5.24. The van der Waals surface area contributed by atoms with E-state index in [1.807, 2.05) is 36.4 Å². The zero-order valence-electron chi connectivity index (χ0n) is 9.51. The lowest BCUT2D eigenvalue weighted by Crippen LogP contribution is -2.04. The molecular formula is C14H13NO2. The molecule has 2 aromatic rings. The minimum absolute atomic E-state index is 0.445. The van der Waals surface area contributed by atoms with Crippen molar-refractivity contribution in [2.45, 2.75) is 0 Å². The van der Waals surface area contributed by atoms with E-state index < -0.39 is 5.91 Å². The molecule has 0 radical (unpaired) electrons. The molecule has 2 aromatic carbocycles. The summed E-state index contributed by atoms with van der Waals surface area (Å²) >= 11 is 0. The van der Waals surface area contributed by atoms with Gasteiger partial charge in [0.2, 0.25) is 5.91 Å². The maximum Gasteiger partial charge on any atom is 0.241 e. The quantitative estimate of drug-likeness (QED) is 0.818. The van der Waals surface area contributed by atoms with Crippen LogP contribution in [0.1, 0.15) is 5.56 Å². The first-order valence-electron chi connectivity index (χ1n) is 5.24. The molecule has 3 nitrogen and oxygen atoms in total. The molecule has 86 valence electrons. The number of amides is 1. The molecule has 0 aliphatic heterocycles. The standard InChI is InChI=1S/C14H13NO2/c1-17-13-6-5-11-8-10(3-7-14(15)16)2-4-12(11)9-13/h2-9H,1H3,(H2,15,16). The Balaban J connectivity index is 2.41. The molecule has 0 unspecified atom stereocenters. The zero-order valence-corrected chi connectivity index (χ0v) is 9.51. The smallest absolute Gasteiger partial charge is 0.241 e. The molecule has 0 fully saturated rings. The van der Waals surface area contributed by atoms with Crippen molar-refractivity contribution in [3.05, 3.63) is 48.0 Å². The van der Waals surface area contributed by atoms with Gasteiger partial charge in [0, 0.05) is 6.08 Å². The third kappa shape index (κ3) is 2.64. The summed E-state index contributed by atoms with van der Waals surface area (Å²) in [6.07, 6.45) is 3.05. The molecule has 1 amide bonds. The maximum atomic E-state index is 10.6. The predicted molar refractivity (Wildman–Crippen MR) is 68.7 cm³/mol. The van der Waals surface area contributed by atoms with Gasteiger partial charge < -0.3 is 10.5 Å². The van der Waals surface area contributed by atoms with Crippen LogP contribution in [-0.2, 0) is 4.79 Å². The van der Waals surface area contributed by atoms with Crippen LogP contribution in [0.4, 0.5) is 0 Å². The van der Waals surface area contributed by atoms with Crippen LogP contribution in [-0.4, -0.2) is 13.0 Å². The molecule has 2 rings (SSSR count). The van der Waals surface area contributed by atoms with Crippen LogP contribution in [0.5, 0.6) is 5.75 Å². The number of ether oxygens (including phenoxy) is 1. The summed E-state index contributed by atoms with van der Waals surface area (Å²) in [5, 5.41) is 2.19. The summed E-state index contributed by atoms with van der Waals surface area (Å²) in [7, 11) is 1.64. The molecule has 0 aromatic heterocycles. The van der Waals surface area contributed by atoms with E-state index in [1.54, 1.807) is 13.2 Å². The number of fused-ring (bicyclic) bond motifs is 1. The molecule has 0 spiro atoms. The third-order valence-corrected chi connectivity index (χ3v) is 2.51. The van der Waals surface area contributed by atoms with Crippen LogP contribution < -0.4 is 10.5 Å². The highest BCUT2D eigenvalue weighted by molar-refractivity contribution is 5.92. The fourth-order valence-corrected chi connectivity index (χ4v) is 1.65. The van der Waals surface area contributed by atoms with Gasteiger partial charge in [-0.2, -0.15) is 0 Å². The summed E-state index contributed by atoms with van der Waals surface area (Å²) in [6, 6.07) is 11.8. The van der Waals surface area contributed by atoms with Gasteiger partial charge in [-0.1, -0.05) is 18.2 Å². The molecule has 3 heteroatoms. The number of hydrogen-bond acceptors (Lipinski definition) is 2. The van der Waals surface area contributed by atoms with E-state index in [1.165, 1.54) is 6.08 Å². The van der Waals surface area contributed by atoms with E-state index in [-0.39, 0.29) is 0 Å². The second-order valence-corrected chi connectivity index (χ2v) is 3.71. The summed E-state index contributed by atoms with van der Waals surface area (Å²) in [5.74, 6) is 0.387. The number of benzene rings is 2. The molecule has 2 N–H and O–H groups in total. The lowest BCUT2D eigenvalue weighted by molar-refractivity contribution is -0.113. The average Bonchev–Trinajstić information content (AvgIpc) is 2.35. The largest absolute Gasteiger partial charge is 0.497 e. The lowest BCUT2D eigenvalue weighted by Gasteiger charge is -2.03. The summed E-state index contributed by atoms with van der Waals surface area (Å²) in [5.41, 5.74) is 5.99. The van der Waals surface area contributed by atoms with Crippen LogP contribution in [0.25, 0.3) is 16.8 Å². The summed E-state index contributed by atoms with van der Waals surface area (Å²) in [4.78, 5) is 10.6. The number of hydrogen-bond donors (Lipinski definition) is 1. The van der Waals surface area contributed by atoms with E-state index >= 15 is 0 Å². The van der Waals surface area contributed by atoms with Gasteiger partial charge in [-0.05, 0) is 40.6 Å². The Bertz CT molecular complexity index is 588. The Morgan fingerprint density at radius 1 is 1.18 bits per heavy atom. The number of carbonyl (C=O) groups is 1. The molecule has 17 heavy (non-hydrogen) atoms. The predicted octanol–water partition coefficient (Wildman–Crippen LogP) is 2.35. The van der Waals surface area contributed by atoms with Crippen molar-refractivity contribution in [1.82, 2.24) is 0 Å². The SMILES string of the molecule is COc1ccc2cc(C=CC(N)=O)ccc2c1. The van der Waals surface area contributed by atoms with Crippen molar-refractivity contribution in [2.24, 2.45) is 5.73 Å². The van der Waals surface area contributed by atoms with E-state index in [2.05, 4.69) is 0 Å². The molecule has 0 aliphatic carbocycles. The number of carbonyl (C=O) groups excluding carboxylic acids is 1. The summed E-state index contributed by atoms with van der Waals surface area (Å²) < 4.78 is 5.16. The number of primary amides is 1. The zero-order chi connectivity index (χ0) is 12.3. The van der Waals surface area contributed by atoms with Crippen molar-refractivity contribution in [3.8, 4) is 5.75 Å². The fourth-order valence-electron chi connectivity index (χ4n) is 1.65. The lowest BCUT2D eigenvalue weighted by atomic mass is 10.1. The normalized spacial score (nSPS) is 10.9. The highest BCUT2D eigenvalue weighted by atomic mass is 16.5. The van der Waals surface area contributed by atoms with Gasteiger partial charge >= 0.3 is 0 Å². The van der Waals surface area contributed by atoms with Gasteiger partial charge in [0.25, 0.3) is 0 Å². The Labute approximate surface area is 99.5 Å². The minimum atomic E-state index is -0.445. The highest BCUT2D eigenvalue weighted by Gasteiger charge is 1.97. The topological polar surface area (TPSA) is 52.3 Å². The van der Waals surface area contributed by atoms with E-state index in [9.17, 15) is 4.79 Å². The van der Waals surface area contributed by atoms with Crippen LogP contribution >= 0.6 is 0 Å². The molecule has 0 atom stereocenters. The van der Waals surface area contributed by atoms with Crippen LogP contribution in [0.3, 0.4) is 0 Å². The molecule has 0 bridgehead atoms. The van der Waals surface area contributed by atoms with Crippen LogP contribution in [0.15, 0.2) is 42.5 Å². The fraction of sp³-hybridized carbons (Fsp3) is 0.0714. The second kappa shape index (κ2) is 4.70. The van der Waals surface area contributed by atoms with Gasteiger partial charge in [0.05, 0.1) is 7.11 Å². The molecular weight excluding hydrogens is 214 g/mol. The van der Waals surface area contributed by atoms with Crippen molar-refractivity contribution in [3.63, 3.8) is 0 Å². The minimum Gasteiger partial charge on any atom is -0.497 e. The number of methoxy groups -OCH3 is 1. The Morgan fingerprint density at radius 2 is 1.88 bits per heavy atom. The van der Waals surface area contributed by atoms with Gasteiger partial charge in [0.15, 0.2) is 0 Å². The first-order chi connectivity index (χ1) is 8.19. The average molecular weight is 227 g/mol. The first kappa shape index (κ1) is 11.2. The third-order valence-electron chi connectivity index (χ3n) is 2.51. The summed E-state index contributed by atoms with van der Waals surface area (Å²) in [6.45, 7) is 0. The van der Waals surface area contributed by atoms with Gasteiger partial charge in [-0.3, -0.25) is 4.79 Å². The monoisotopic (exact) mass is 227 g/mol. The van der Waals surface area contributed by atoms with Gasteiger partial charge in [-0.15, -0.1) is 0 Å². The van der Waals surface area contributed by atoms with Crippen molar-refractivity contribution < 1.29 is 9.53 Å². The van der Waals surface area contributed by atoms with Crippen molar-refractivity contribution in [1.29, 1.82) is 0 Å². The van der Waals surface area contributed by atoms with E-state index in [4.69, 9.17) is 10.5 Å². The van der Waals surface area contributed by atoms with E-state index in [0.29, 0.717) is 0 Å². The van der Waals surface area contributed by atoms with Crippen LogP contribution in [0.2, 0.25) is 0 Å². The van der Waals surface area contributed by atoms with Gasteiger partial charge in [-0.25, -0.2) is 0 Å². The second-order valence-electron chi connectivity index (χ2n) is 3.71. The Hall–Kier alpha value is -2.29. The number of rotatable bonds is 3. The molecule has 0 heterocycles.